The fourth-order valence-corrected chi connectivity index (χ4v) is 2.27. The van der Waals surface area contributed by atoms with Crippen molar-refractivity contribution in [3.8, 4) is 0 Å². The van der Waals surface area contributed by atoms with E-state index in [1.807, 2.05) is 32.9 Å². The number of hydrogen-bond acceptors (Lipinski definition) is 4. The zero-order valence-corrected chi connectivity index (χ0v) is 16.8. The minimum absolute atomic E-state index is 0. The van der Waals surface area contributed by atoms with Crippen LogP contribution >= 0.6 is 28.3 Å². The zero-order chi connectivity index (χ0) is 18.3. The Morgan fingerprint density at radius 3 is 2.28 bits per heavy atom. The first-order valence-electron chi connectivity index (χ1n) is 7.56. The van der Waals surface area contributed by atoms with Crippen molar-refractivity contribution in [1.82, 2.24) is 10.6 Å². The van der Waals surface area contributed by atoms with Crippen molar-refractivity contribution in [2.75, 3.05) is 18.4 Å². The topological polar surface area (TPSA) is 113 Å². The average molecular weight is 436 g/mol. The summed E-state index contributed by atoms with van der Waals surface area (Å²) in [5.74, 6) is -1.22. The van der Waals surface area contributed by atoms with Crippen molar-refractivity contribution >= 4 is 51.7 Å². The van der Waals surface area contributed by atoms with Gasteiger partial charge in [-0.25, -0.2) is 0 Å². The second-order valence-corrected chi connectivity index (χ2v) is 6.69. The minimum Gasteiger partial charge on any atom is -0.346 e. The SMILES string of the molecule is Cc1cc(Br)ccc1NC(=O)CNC(=O)CNC(=O)[C@@H](N)C(C)C.Cl. The van der Waals surface area contributed by atoms with Crippen molar-refractivity contribution in [2.24, 2.45) is 11.7 Å². The molecule has 0 saturated heterocycles. The molecule has 1 aromatic rings. The number of rotatable bonds is 7. The molecule has 25 heavy (non-hydrogen) atoms. The Labute approximate surface area is 162 Å². The molecule has 1 aromatic carbocycles. The third-order valence-electron chi connectivity index (χ3n) is 3.35. The van der Waals surface area contributed by atoms with E-state index in [0.29, 0.717) is 5.69 Å². The molecule has 0 aliphatic carbocycles. The summed E-state index contributed by atoms with van der Waals surface area (Å²) in [4.78, 5) is 35.1. The smallest absolute Gasteiger partial charge is 0.243 e. The van der Waals surface area contributed by atoms with E-state index < -0.39 is 17.9 Å². The van der Waals surface area contributed by atoms with Gasteiger partial charge in [0, 0.05) is 10.2 Å². The number of anilines is 1. The first kappa shape index (κ1) is 23.4. The highest BCUT2D eigenvalue weighted by Gasteiger charge is 2.17. The zero-order valence-electron chi connectivity index (χ0n) is 14.4. The summed E-state index contributed by atoms with van der Waals surface area (Å²) < 4.78 is 0.918. The van der Waals surface area contributed by atoms with Crippen LogP contribution in [0.15, 0.2) is 22.7 Å². The van der Waals surface area contributed by atoms with E-state index in [1.165, 1.54) is 0 Å². The maximum atomic E-state index is 11.8. The molecule has 0 unspecified atom stereocenters. The predicted molar refractivity (Wildman–Crippen MR) is 104 cm³/mol. The molecule has 3 amide bonds. The molecule has 7 nitrogen and oxygen atoms in total. The van der Waals surface area contributed by atoms with Crippen molar-refractivity contribution in [3.63, 3.8) is 0 Å². The van der Waals surface area contributed by atoms with Gasteiger partial charge in [0.2, 0.25) is 17.7 Å². The van der Waals surface area contributed by atoms with Gasteiger partial charge in [-0.3, -0.25) is 14.4 Å². The Morgan fingerprint density at radius 2 is 1.72 bits per heavy atom. The van der Waals surface area contributed by atoms with Crippen molar-refractivity contribution in [2.45, 2.75) is 26.8 Å². The molecule has 9 heteroatoms. The third kappa shape index (κ3) is 8.33. The molecule has 0 bridgehead atoms. The molecular formula is C16H24BrClN4O3. The standard InChI is InChI=1S/C16H23BrN4O3.ClH/c1-9(2)15(18)16(24)20-7-13(22)19-8-14(23)21-12-5-4-11(17)6-10(12)3;/h4-6,9,15H,7-8,18H2,1-3H3,(H,19,22)(H,20,24)(H,21,23);1H/t15-;/m0./s1. The van der Waals surface area contributed by atoms with E-state index in [1.54, 1.807) is 6.07 Å². The minimum atomic E-state index is -0.665. The number of carbonyl (C=O) groups excluding carboxylic acids is 3. The lowest BCUT2D eigenvalue weighted by Gasteiger charge is -2.15. The lowest BCUT2D eigenvalue weighted by atomic mass is 10.1. The maximum absolute atomic E-state index is 11.8. The highest BCUT2D eigenvalue weighted by Crippen LogP contribution is 2.19. The van der Waals surface area contributed by atoms with E-state index in [4.69, 9.17) is 5.73 Å². The van der Waals surface area contributed by atoms with Crippen LogP contribution in [0.1, 0.15) is 19.4 Å². The lowest BCUT2D eigenvalue weighted by Crippen LogP contribution is -2.47. The number of carbonyl (C=O) groups is 3. The molecule has 0 fully saturated rings. The molecule has 1 rings (SSSR count). The van der Waals surface area contributed by atoms with Gasteiger partial charge in [-0.2, -0.15) is 0 Å². The van der Waals surface area contributed by atoms with Gasteiger partial charge >= 0.3 is 0 Å². The third-order valence-corrected chi connectivity index (χ3v) is 3.85. The molecule has 0 aromatic heterocycles. The molecule has 1 atom stereocenters. The normalized spacial score (nSPS) is 11.3. The monoisotopic (exact) mass is 434 g/mol. The van der Waals surface area contributed by atoms with E-state index in [2.05, 4.69) is 31.9 Å². The number of halogens is 2. The van der Waals surface area contributed by atoms with Gasteiger partial charge in [0.1, 0.15) is 0 Å². The average Bonchev–Trinajstić information content (AvgIpc) is 2.52. The van der Waals surface area contributed by atoms with Crippen LogP contribution in [0.3, 0.4) is 0 Å². The Kier molecular flexibility index (Phi) is 10.3. The molecule has 140 valence electrons. The van der Waals surface area contributed by atoms with Gasteiger partial charge in [0.25, 0.3) is 0 Å². The van der Waals surface area contributed by atoms with Crippen LogP contribution in [0, 0.1) is 12.8 Å². The predicted octanol–water partition coefficient (Wildman–Crippen LogP) is 1.33. The fraction of sp³-hybridized carbons (Fsp3) is 0.438. The van der Waals surface area contributed by atoms with E-state index in [9.17, 15) is 14.4 Å². The van der Waals surface area contributed by atoms with Crippen molar-refractivity contribution in [1.29, 1.82) is 0 Å². The first-order valence-corrected chi connectivity index (χ1v) is 8.36. The Bertz CT molecular complexity index is 625. The summed E-state index contributed by atoms with van der Waals surface area (Å²) in [7, 11) is 0. The summed E-state index contributed by atoms with van der Waals surface area (Å²) in [6.45, 7) is 5.11. The van der Waals surface area contributed by atoms with E-state index in [0.717, 1.165) is 10.0 Å². The van der Waals surface area contributed by atoms with Crippen molar-refractivity contribution in [3.05, 3.63) is 28.2 Å². The molecule has 0 saturated carbocycles. The molecule has 0 aliphatic rings. The van der Waals surface area contributed by atoms with Crippen LogP contribution in [0.5, 0.6) is 0 Å². The van der Waals surface area contributed by atoms with Gasteiger partial charge in [-0.1, -0.05) is 29.8 Å². The van der Waals surface area contributed by atoms with Crippen molar-refractivity contribution < 1.29 is 14.4 Å². The number of amides is 3. The number of nitrogens with one attached hydrogen (secondary N) is 3. The first-order chi connectivity index (χ1) is 11.2. The summed E-state index contributed by atoms with van der Waals surface area (Å²) in [6.07, 6.45) is 0. The van der Waals surface area contributed by atoms with Gasteiger partial charge in [0.15, 0.2) is 0 Å². The van der Waals surface area contributed by atoms with Crippen LogP contribution in [0.25, 0.3) is 0 Å². The Balaban J connectivity index is 0.00000576. The molecule has 0 aliphatic heterocycles. The number of hydrogen-bond donors (Lipinski definition) is 4. The number of nitrogens with two attached hydrogens (primary N) is 1. The van der Waals surface area contributed by atoms with Crippen LogP contribution in [0.4, 0.5) is 5.69 Å². The van der Waals surface area contributed by atoms with Crippen LogP contribution in [-0.2, 0) is 14.4 Å². The van der Waals surface area contributed by atoms with Crippen LogP contribution < -0.4 is 21.7 Å². The molecule has 5 N–H and O–H groups in total. The Hall–Kier alpha value is -1.64. The molecule has 0 heterocycles. The van der Waals surface area contributed by atoms with Gasteiger partial charge < -0.3 is 21.7 Å². The molecular weight excluding hydrogens is 412 g/mol. The largest absolute Gasteiger partial charge is 0.346 e. The lowest BCUT2D eigenvalue weighted by molar-refractivity contribution is -0.127. The summed E-state index contributed by atoms with van der Waals surface area (Å²) in [5.41, 5.74) is 7.24. The maximum Gasteiger partial charge on any atom is 0.243 e. The summed E-state index contributed by atoms with van der Waals surface area (Å²) in [5, 5.41) is 7.59. The molecule has 0 spiro atoms. The van der Waals surface area contributed by atoms with Gasteiger partial charge in [-0.15, -0.1) is 12.4 Å². The summed E-state index contributed by atoms with van der Waals surface area (Å²) in [6, 6.07) is 4.80. The second kappa shape index (κ2) is 11.1. The Morgan fingerprint density at radius 1 is 1.12 bits per heavy atom. The number of benzene rings is 1. The highest BCUT2D eigenvalue weighted by atomic mass is 79.9. The van der Waals surface area contributed by atoms with E-state index >= 15 is 0 Å². The quantitative estimate of drug-likeness (QED) is 0.517. The van der Waals surface area contributed by atoms with Gasteiger partial charge in [-0.05, 0) is 36.6 Å². The second-order valence-electron chi connectivity index (χ2n) is 5.77. The number of aryl methyl sites for hydroxylation is 1. The highest BCUT2D eigenvalue weighted by molar-refractivity contribution is 9.10. The van der Waals surface area contributed by atoms with Gasteiger partial charge in [0.05, 0.1) is 19.1 Å². The summed E-state index contributed by atoms with van der Waals surface area (Å²) >= 11 is 3.35. The molecule has 0 radical (unpaired) electrons. The van der Waals surface area contributed by atoms with Crippen LogP contribution in [-0.4, -0.2) is 36.9 Å². The van der Waals surface area contributed by atoms with E-state index in [-0.39, 0.29) is 37.3 Å². The fourth-order valence-electron chi connectivity index (χ4n) is 1.79. The van der Waals surface area contributed by atoms with Crippen LogP contribution in [0.2, 0.25) is 0 Å².